The van der Waals surface area contributed by atoms with Crippen LogP contribution in [0, 0.1) is 11.3 Å². The van der Waals surface area contributed by atoms with Crippen molar-refractivity contribution in [1.82, 2.24) is 9.71 Å². The molecule has 0 radical (unpaired) electrons. The average Bonchev–Trinajstić information content (AvgIpc) is 2.81. The first-order valence-corrected chi connectivity index (χ1v) is 18.7. The molecule has 7 heteroatoms. The fourth-order valence-electron chi connectivity index (χ4n) is 4.80. The van der Waals surface area contributed by atoms with Crippen LogP contribution in [0.2, 0.25) is 18.1 Å². The Labute approximate surface area is 242 Å². The lowest BCUT2D eigenvalue weighted by Crippen LogP contribution is -2.52. The first-order valence-electron chi connectivity index (χ1n) is 14.6. The maximum Gasteiger partial charge on any atom is 0.214 e. The summed E-state index contributed by atoms with van der Waals surface area (Å²) in [6.07, 6.45) is 4.83. The van der Waals surface area contributed by atoms with E-state index in [0.717, 1.165) is 35.2 Å². The summed E-state index contributed by atoms with van der Waals surface area (Å²) in [6.45, 7) is 26.8. The molecule has 1 fully saturated rings. The van der Waals surface area contributed by atoms with Crippen molar-refractivity contribution in [2.45, 2.75) is 129 Å². The highest BCUT2D eigenvalue weighted by Crippen LogP contribution is 2.40. The van der Waals surface area contributed by atoms with Crippen LogP contribution in [-0.2, 0) is 21.0 Å². The van der Waals surface area contributed by atoms with E-state index in [0.29, 0.717) is 17.9 Å². The molecule has 3 rings (SSSR count). The van der Waals surface area contributed by atoms with Gasteiger partial charge < -0.3 is 9.16 Å². The molecule has 1 aromatic carbocycles. The molecule has 2 aromatic rings. The van der Waals surface area contributed by atoms with Crippen LogP contribution in [0.1, 0.15) is 100 Å². The summed E-state index contributed by atoms with van der Waals surface area (Å²) < 4.78 is 29.3. The molecule has 220 valence electrons. The van der Waals surface area contributed by atoms with Crippen LogP contribution in [0.15, 0.2) is 30.3 Å². The Morgan fingerprint density at radius 3 is 2.08 bits per heavy atom. The maximum atomic E-state index is 13.3. The normalized spacial score (nSPS) is 21.9. The summed E-state index contributed by atoms with van der Waals surface area (Å²) in [5.41, 5.74) is 1.69. The monoisotopic (exact) mass is 574 g/mol. The van der Waals surface area contributed by atoms with Gasteiger partial charge in [0.25, 0.3) is 0 Å². The predicted molar refractivity (Wildman–Crippen MR) is 169 cm³/mol. The van der Waals surface area contributed by atoms with E-state index in [-0.39, 0.29) is 11.1 Å². The Morgan fingerprint density at radius 1 is 0.923 bits per heavy atom. The van der Waals surface area contributed by atoms with E-state index in [1.54, 1.807) is 0 Å². The molecule has 1 saturated carbocycles. The quantitative estimate of drug-likeness (QED) is 0.321. The number of nitrogens with zero attached hydrogens (tertiary/aromatic N) is 1. The largest absolute Gasteiger partial charge is 0.474 e. The van der Waals surface area contributed by atoms with Gasteiger partial charge >= 0.3 is 0 Å². The van der Waals surface area contributed by atoms with Gasteiger partial charge in [-0.05, 0) is 107 Å². The van der Waals surface area contributed by atoms with Crippen LogP contribution in [0.25, 0.3) is 10.9 Å². The van der Waals surface area contributed by atoms with Gasteiger partial charge in [0.05, 0.1) is 33.4 Å². The predicted octanol–water partition coefficient (Wildman–Crippen LogP) is 8.51. The Bertz CT molecular complexity index is 1150. The fourth-order valence-corrected chi connectivity index (χ4v) is 6.78. The Kier molecular flexibility index (Phi) is 9.54. The first kappa shape index (κ1) is 32.2. The lowest BCUT2D eigenvalue weighted by molar-refractivity contribution is 0.0854. The van der Waals surface area contributed by atoms with Gasteiger partial charge in [0, 0.05) is 11.5 Å². The Hall–Kier alpha value is -1.28. The van der Waals surface area contributed by atoms with E-state index in [4.69, 9.17) is 14.1 Å². The second kappa shape index (κ2) is 11.5. The molecule has 39 heavy (non-hydrogen) atoms. The molecule has 1 aromatic heterocycles. The Morgan fingerprint density at radius 2 is 1.54 bits per heavy atom. The number of nitrogens with one attached hydrogen (secondary N) is 1. The van der Waals surface area contributed by atoms with E-state index in [2.05, 4.69) is 90.5 Å². The van der Waals surface area contributed by atoms with E-state index < -0.39 is 29.6 Å². The van der Waals surface area contributed by atoms with Gasteiger partial charge in [-0.3, -0.25) is 0 Å². The third kappa shape index (κ3) is 8.14. The minimum Gasteiger partial charge on any atom is -0.474 e. The van der Waals surface area contributed by atoms with Crippen molar-refractivity contribution in [3.63, 3.8) is 0 Å². The minimum absolute atomic E-state index is 0.0901. The van der Waals surface area contributed by atoms with Crippen LogP contribution in [-0.4, -0.2) is 35.0 Å². The zero-order chi connectivity index (χ0) is 29.4. The van der Waals surface area contributed by atoms with Crippen molar-refractivity contribution in [3.8, 4) is 5.88 Å². The third-order valence-electron chi connectivity index (χ3n) is 8.89. The molecule has 0 aliphatic heterocycles. The number of pyridine rings is 1. The first-order chi connectivity index (χ1) is 17.7. The zero-order valence-corrected chi connectivity index (χ0v) is 28.5. The number of benzene rings is 1. The molecule has 1 aliphatic rings. The molecule has 5 nitrogen and oxygen atoms in total. The highest BCUT2D eigenvalue weighted by atomic mass is 32.2. The van der Waals surface area contributed by atoms with Crippen molar-refractivity contribution >= 4 is 30.2 Å². The van der Waals surface area contributed by atoms with Gasteiger partial charge in [0.15, 0.2) is 8.32 Å². The summed E-state index contributed by atoms with van der Waals surface area (Å²) in [5, 5.41) is 1.13. The molecule has 1 heterocycles. The standard InChI is InChI=1S/C32H54N2O3SSi/c1-29(2,3)24-14-17-26(18-15-24)37-28-20-13-23-21-25(16-19-27(23)33-28)32(10,34-38(35)30(4,5)6)22-36-39(11,12)31(7,8)9/h13,16,19-21,24,26,34H,14-15,17-18,22H2,1-12H3/t24?,26?,32-,38?/m0/s1. The molecule has 0 bridgehead atoms. The molecule has 0 saturated heterocycles. The third-order valence-corrected chi connectivity index (χ3v) is 15.1. The van der Waals surface area contributed by atoms with Crippen molar-refractivity contribution in [3.05, 3.63) is 35.9 Å². The maximum absolute atomic E-state index is 13.3. The Balaban J connectivity index is 1.83. The van der Waals surface area contributed by atoms with Gasteiger partial charge in [-0.1, -0.05) is 47.6 Å². The lowest BCUT2D eigenvalue weighted by Gasteiger charge is -2.41. The average molecular weight is 575 g/mol. The number of ether oxygens (including phenoxy) is 1. The van der Waals surface area contributed by atoms with Crippen molar-refractivity contribution in [1.29, 1.82) is 0 Å². The van der Waals surface area contributed by atoms with E-state index in [9.17, 15) is 4.21 Å². The number of hydrogen-bond donors (Lipinski definition) is 1. The van der Waals surface area contributed by atoms with Crippen LogP contribution in [0.5, 0.6) is 5.88 Å². The summed E-state index contributed by atoms with van der Waals surface area (Å²) in [6, 6.07) is 10.4. The number of hydrogen-bond acceptors (Lipinski definition) is 4. The molecular weight excluding hydrogens is 521 g/mol. The smallest absolute Gasteiger partial charge is 0.214 e. The summed E-state index contributed by atoms with van der Waals surface area (Å²) in [7, 11) is -3.27. The van der Waals surface area contributed by atoms with Crippen LogP contribution >= 0.6 is 0 Å². The van der Waals surface area contributed by atoms with Gasteiger partial charge in [-0.15, -0.1) is 0 Å². The SMILES string of the molecule is CC(C)(C)C1CCC(Oc2ccc3cc([C@](C)(CO[Si](C)(C)C(C)(C)C)NS(=O)C(C)(C)C)ccc3n2)CC1. The fraction of sp³-hybridized carbons (Fsp3) is 0.719. The highest BCUT2D eigenvalue weighted by Gasteiger charge is 2.41. The highest BCUT2D eigenvalue weighted by molar-refractivity contribution is 7.84. The lowest BCUT2D eigenvalue weighted by atomic mass is 9.72. The molecule has 1 unspecified atom stereocenters. The summed E-state index contributed by atoms with van der Waals surface area (Å²) in [4.78, 5) is 4.85. The summed E-state index contributed by atoms with van der Waals surface area (Å²) >= 11 is 0. The second-order valence-electron chi connectivity index (χ2n) is 15.4. The van der Waals surface area contributed by atoms with Crippen molar-refractivity contribution in [2.24, 2.45) is 11.3 Å². The number of aromatic nitrogens is 1. The van der Waals surface area contributed by atoms with Gasteiger partial charge in [-0.25, -0.2) is 13.9 Å². The van der Waals surface area contributed by atoms with E-state index in [1.165, 1.54) is 12.8 Å². The van der Waals surface area contributed by atoms with Crippen LogP contribution in [0.4, 0.5) is 0 Å². The molecule has 1 aliphatic carbocycles. The van der Waals surface area contributed by atoms with Crippen LogP contribution in [0.3, 0.4) is 0 Å². The van der Waals surface area contributed by atoms with Gasteiger partial charge in [-0.2, -0.15) is 0 Å². The van der Waals surface area contributed by atoms with Gasteiger partial charge in [0.1, 0.15) is 6.10 Å². The van der Waals surface area contributed by atoms with Crippen molar-refractivity contribution < 1.29 is 13.4 Å². The number of rotatable bonds is 8. The van der Waals surface area contributed by atoms with Gasteiger partial charge in [0.2, 0.25) is 5.88 Å². The molecular formula is C32H54N2O3SSi. The van der Waals surface area contributed by atoms with E-state index >= 15 is 0 Å². The molecule has 2 atom stereocenters. The second-order valence-corrected chi connectivity index (χ2v) is 22.2. The van der Waals surface area contributed by atoms with Crippen molar-refractivity contribution in [2.75, 3.05) is 6.61 Å². The molecule has 0 amide bonds. The minimum atomic E-state index is -2.01. The number of fused-ring (bicyclic) bond motifs is 1. The molecule has 1 N–H and O–H groups in total. The van der Waals surface area contributed by atoms with Crippen LogP contribution < -0.4 is 9.46 Å². The topological polar surface area (TPSA) is 60.5 Å². The molecule has 0 spiro atoms. The summed E-state index contributed by atoms with van der Waals surface area (Å²) in [5.74, 6) is 1.46. The zero-order valence-electron chi connectivity index (χ0n) is 26.7. The van der Waals surface area contributed by atoms with E-state index in [1.807, 2.05) is 26.8 Å².